The quantitative estimate of drug-likeness (QED) is 0.680. The van der Waals surface area contributed by atoms with E-state index in [1.165, 1.54) is 12.1 Å². The topological polar surface area (TPSA) is 64.4 Å². The van der Waals surface area contributed by atoms with Gasteiger partial charge in [-0.25, -0.2) is 0 Å². The molecule has 1 saturated heterocycles. The molecule has 0 radical (unpaired) electrons. The lowest BCUT2D eigenvalue weighted by Gasteiger charge is -2.28. The highest BCUT2D eigenvalue weighted by Crippen LogP contribution is 2.39. The van der Waals surface area contributed by atoms with Gasteiger partial charge in [0.2, 0.25) is 5.82 Å². The molecule has 1 aliphatic rings. The maximum absolute atomic E-state index is 13.3. The van der Waals surface area contributed by atoms with E-state index in [2.05, 4.69) is 5.32 Å². The van der Waals surface area contributed by atoms with Gasteiger partial charge in [-0.2, -0.15) is 4.39 Å². The van der Waals surface area contributed by atoms with Crippen LogP contribution in [-0.4, -0.2) is 22.2 Å². The maximum atomic E-state index is 13.3. The van der Waals surface area contributed by atoms with Crippen LogP contribution in [0.15, 0.2) is 18.2 Å². The average Bonchev–Trinajstić information content (AvgIpc) is 2.49. The summed E-state index contributed by atoms with van der Waals surface area (Å²) >= 11 is 0. The highest BCUT2D eigenvalue weighted by atomic mass is 19.1. The van der Waals surface area contributed by atoms with Crippen LogP contribution in [-0.2, 0) is 4.74 Å². The van der Waals surface area contributed by atoms with Gasteiger partial charge in [0.15, 0.2) is 0 Å². The van der Waals surface area contributed by atoms with Gasteiger partial charge in [-0.05, 0) is 46.2 Å². The first-order chi connectivity index (χ1) is 9.11. The van der Waals surface area contributed by atoms with Gasteiger partial charge in [0.1, 0.15) is 0 Å². The fourth-order valence-corrected chi connectivity index (χ4v) is 2.73. The summed E-state index contributed by atoms with van der Waals surface area (Å²) in [6.07, 6.45) is 0.769. The molecule has 5 nitrogen and oxygen atoms in total. The first kappa shape index (κ1) is 14.7. The molecule has 1 unspecified atom stereocenters. The molecule has 0 saturated carbocycles. The smallest absolute Gasteiger partial charge is 0.306 e. The number of rotatable bonds is 3. The Morgan fingerprint density at radius 2 is 2.05 bits per heavy atom. The normalized spacial score (nSPS) is 23.6. The van der Waals surface area contributed by atoms with E-state index in [9.17, 15) is 14.5 Å². The van der Waals surface area contributed by atoms with Crippen molar-refractivity contribution in [1.82, 2.24) is 0 Å². The van der Waals surface area contributed by atoms with Crippen LogP contribution in [0, 0.1) is 15.9 Å². The van der Waals surface area contributed by atoms with E-state index in [1.54, 1.807) is 0 Å². The molecule has 0 aliphatic carbocycles. The molecule has 1 atom stereocenters. The van der Waals surface area contributed by atoms with Crippen molar-refractivity contribution in [3.8, 4) is 0 Å². The number of nitrogens with one attached hydrogen (secondary N) is 1. The Labute approximate surface area is 117 Å². The summed E-state index contributed by atoms with van der Waals surface area (Å²) in [5.74, 6) is -0.831. The summed E-state index contributed by atoms with van der Waals surface area (Å²) in [4.78, 5) is 10.0. The van der Waals surface area contributed by atoms with Crippen LogP contribution < -0.4 is 5.32 Å². The van der Waals surface area contributed by atoms with Crippen molar-refractivity contribution in [3.05, 3.63) is 34.1 Å². The minimum absolute atomic E-state index is 0.00238. The van der Waals surface area contributed by atoms with Crippen molar-refractivity contribution in [2.24, 2.45) is 0 Å². The monoisotopic (exact) mass is 282 g/mol. The third-order valence-corrected chi connectivity index (χ3v) is 3.56. The molecule has 6 heteroatoms. The van der Waals surface area contributed by atoms with E-state index < -0.39 is 22.0 Å². The highest BCUT2D eigenvalue weighted by Gasteiger charge is 2.45. The fourth-order valence-electron chi connectivity index (χ4n) is 2.73. The van der Waals surface area contributed by atoms with Crippen LogP contribution in [0.25, 0.3) is 0 Å². The molecule has 2 rings (SSSR count). The van der Waals surface area contributed by atoms with Crippen molar-refractivity contribution >= 4 is 11.4 Å². The molecular formula is C14H19FN2O3. The molecule has 0 aromatic heterocycles. The first-order valence-corrected chi connectivity index (χ1v) is 6.51. The zero-order valence-corrected chi connectivity index (χ0v) is 12.1. The summed E-state index contributed by atoms with van der Waals surface area (Å²) in [6.45, 7) is 7.95. The van der Waals surface area contributed by atoms with Gasteiger partial charge in [-0.3, -0.25) is 10.1 Å². The number of nitro benzene ring substituents is 1. The van der Waals surface area contributed by atoms with E-state index in [4.69, 9.17) is 4.74 Å². The SMILES string of the molecule is CC1(C)CC(Nc2ccc(F)c([N+](=O)[O-])c2)C(C)(C)O1. The van der Waals surface area contributed by atoms with Crippen LogP contribution in [0.1, 0.15) is 34.1 Å². The molecule has 0 spiro atoms. The first-order valence-electron chi connectivity index (χ1n) is 6.51. The van der Waals surface area contributed by atoms with E-state index in [0.29, 0.717) is 5.69 Å². The Hall–Kier alpha value is -1.69. The molecule has 110 valence electrons. The second kappa shape index (κ2) is 4.70. The predicted octanol–water partition coefficient (Wildman–Crippen LogP) is 3.49. The standard InChI is InChI=1S/C14H19FN2O3/c1-13(2)8-12(14(3,4)20-13)16-9-5-6-10(15)11(7-9)17(18)19/h5-7,12,16H,8H2,1-4H3. The number of ether oxygens (including phenoxy) is 1. The van der Waals surface area contributed by atoms with Crippen molar-refractivity contribution in [3.63, 3.8) is 0 Å². The Balaban J connectivity index is 2.23. The lowest BCUT2D eigenvalue weighted by atomic mass is 9.94. The Morgan fingerprint density at radius 3 is 2.55 bits per heavy atom. The molecule has 0 bridgehead atoms. The van der Waals surface area contributed by atoms with E-state index in [0.717, 1.165) is 12.5 Å². The molecular weight excluding hydrogens is 263 g/mol. The van der Waals surface area contributed by atoms with E-state index >= 15 is 0 Å². The van der Waals surface area contributed by atoms with Gasteiger partial charge in [-0.1, -0.05) is 0 Å². The van der Waals surface area contributed by atoms with Crippen LogP contribution in [0.4, 0.5) is 15.8 Å². The number of benzene rings is 1. The third-order valence-electron chi connectivity index (χ3n) is 3.56. The van der Waals surface area contributed by atoms with E-state index in [-0.39, 0.29) is 11.6 Å². The van der Waals surface area contributed by atoms with Gasteiger partial charge >= 0.3 is 5.69 Å². The van der Waals surface area contributed by atoms with E-state index in [1.807, 2.05) is 27.7 Å². The zero-order valence-electron chi connectivity index (χ0n) is 12.1. The van der Waals surface area contributed by atoms with Crippen LogP contribution in [0.5, 0.6) is 0 Å². The molecule has 1 heterocycles. The van der Waals surface area contributed by atoms with Crippen molar-refractivity contribution in [2.75, 3.05) is 5.32 Å². The Morgan fingerprint density at radius 1 is 1.40 bits per heavy atom. The molecule has 1 aliphatic heterocycles. The molecule has 1 aromatic carbocycles. The third kappa shape index (κ3) is 2.90. The van der Waals surface area contributed by atoms with Gasteiger partial charge < -0.3 is 10.1 Å². The van der Waals surface area contributed by atoms with Crippen LogP contribution in [0.2, 0.25) is 0 Å². The Bertz CT molecular complexity index is 543. The van der Waals surface area contributed by atoms with Gasteiger partial charge in [-0.15, -0.1) is 0 Å². The van der Waals surface area contributed by atoms with Gasteiger partial charge in [0.25, 0.3) is 0 Å². The highest BCUT2D eigenvalue weighted by molar-refractivity contribution is 5.52. The molecule has 20 heavy (non-hydrogen) atoms. The number of hydrogen-bond donors (Lipinski definition) is 1. The number of halogens is 1. The van der Waals surface area contributed by atoms with Crippen LogP contribution >= 0.6 is 0 Å². The van der Waals surface area contributed by atoms with Gasteiger partial charge in [0.05, 0.1) is 22.2 Å². The van der Waals surface area contributed by atoms with Crippen molar-refractivity contribution in [2.45, 2.75) is 51.4 Å². The predicted molar refractivity (Wildman–Crippen MR) is 74.3 cm³/mol. The number of nitro groups is 1. The summed E-state index contributed by atoms with van der Waals surface area (Å²) in [5, 5.41) is 14.0. The fraction of sp³-hybridized carbons (Fsp3) is 0.571. The lowest BCUT2D eigenvalue weighted by molar-refractivity contribution is -0.387. The number of anilines is 1. The average molecular weight is 282 g/mol. The minimum atomic E-state index is -0.831. The second-order valence-corrected chi connectivity index (χ2v) is 6.29. The summed E-state index contributed by atoms with van der Waals surface area (Å²) in [6, 6.07) is 3.83. The molecule has 1 fully saturated rings. The van der Waals surface area contributed by atoms with Crippen LogP contribution in [0.3, 0.4) is 0 Å². The molecule has 1 aromatic rings. The maximum Gasteiger partial charge on any atom is 0.306 e. The van der Waals surface area contributed by atoms with Crippen molar-refractivity contribution < 1.29 is 14.1 Å². The summed E-state index contributed by atoms with van der Waals surface area (Å²) < 4.78 is 19.3. The molecule has 1 N–H and O–H groups in total. The van der Waals surface area contributed by atoms with Gasteiger partial charge in [0, 0.05) is 11.8 Å². The second-order valence-electron chi connectivity index (χ2n) is 6.29. The zero-order chi connectivity index (χ0) is 15.1. The number of hydrogen-bond acceptors (Lipinski definition) is 4. The van der Waals surface area contributed by atoms with Crippen molar-refractivity contribution in [1.29, 1.82) is 0 Å². The summed E-state index contributed by atoms with van der Waals surface area (Å²) in [5.41, 5.74) is -0.650. The minimum Gasteiger partial charge on any atom is -0.379 e. The summed E-state index contributed by atoms with van der Waals surface area (Å²) in [7, 11) is 0. The lowest BCUT2D eigenvalue weighted by Crippen LogP contribution is -2.38. The largest absolute Gasteiger partial charge is 0.379 e. The Kier molecular flexibility index (Phi) is 3.46. The number of nitrogens with zero attached hydrogens (tertiary/aromatic N) is 1. The molecule has 0 amide bonds.